The zero-order valence-corrected chi connectivity index (χ0v) is 17.0. The van der Waals surface area contributed by atoms with E-state index in [2.05, 4.69) is 23.6 Å². The lowest BCUT2D eigenvalue weighted by Gasteiger charge is -2.27. The summed E-state index contributed by atoms with van der Waals surface area (Å²) < 4.78 is 0. The Morgan fingerprint density at radius 3 is 2.21 bits per heavy atom. The molecule has 2 aromatic carbocycles. The number of benzene rings is 2. The third kappa shape index (κ3) is 4.83. The summed E-state index contributed by atoms with van der Waals surface area (Å²) in [7, 11) is 0. The summed E-state index contributed by atoms with van der Waals surface area (Å²) in [5, 5.41) is 15.2. The first kappa shape index (κ1) is 20.6. The molecule has 0 saturated heterocycles. The number of nitrogens with one attached hydrogen (secondary N) is 2. The van der Waals surface area contributed by atoms with E-state index in [1.807, 2.05) is 25.1 Å². The molecular weight excluding hydrogens is 362 g/mol. The fourth-order valence-corrected chi connectivity index (χ4v) is 3.97. The highest BCUT2D eigenvalue weighted by atomic mass is 16.2. The Balaban J connectivity index is 1.57. The van der Waals surface area contributed by atoms with Gasteiger partial charge in [-0.3, -0.25) is 9.59 Å². The molecule has 0 unspecified atom stereocenters. The molecule has 3 rings (SSSR count). The monoisotopic (exact) mass is 389 g/mol. The normalized spacial score (nSPS) is 18.5. The molecular formula is C24H27N3O2. The van der Waals surface area contributed by atoms with Gasteiger partial charge in [-0.15, -0.1) is 0 Å². The van der Waals surface area contributed by atoms with Crippen LogP contribution in [0, 0.1) is 30.1 Å². The quantitative estimate of drug-likeness (QED) is 0.770. The average Bonchev–Trinajstić information content (AvgIpc) is 2.75. The van der Waals surface area contributed by atoms with E-state index in [0.29, 0.717) is 36.9 Å². The van der Waals surface area contributed by atoms with Crippen molar-refractivity contribution in [2.24, 2.45) is 11.8 Å². The summed E-state index contributed by atoms with van der Waals surface area (Å²) in [6.45, 7) is 4.09. The molecule has 1 fully saturated rings. The summed E-state index contributed by atoms with van der Waals surface area (Å²) in [5.74, 6) is -0.230. The molecule has 29 heavy (non-hydrogen) atoms. The molecule has 2 N–H and O–H groups in total. The van der Waals surface area contributed by atoms with Gasteiger partial charge in [-0.05, 0) is 62.3 Å². The van der Waals surface area contributed by atoms with E-state index >= 15 is 0 Å². The zero-order chi connectivity index (χ0) is 20.8. The van der Waals surface area contributed by atoms with Gasteiger partial charge in [-0.1, -0.05) is 37.3 Å². The molecule has 2 aromatic rings. The molecule has 150 valence electrons. The number of carbonyl (C=O) groups is 2. The van der Waals surface area contributed by atoms with E-state index in [1.165, 1.54) is 0 Å². The van der Waals surface area contributed by atoms with E-state index in [9.17, 15) is 9.59 Å². The number of nitrogens with zero attached hydrogens (tertiary/aromatic N) is 1. The fraction of sp³-hybridized carbons (Fsp3) is 0.375. The van der Waals surface area contributed by atoms with Crippen LogP contribution in [0.4, 0.5) is 11.4 Å². The smallest absolute Gasteiger partial charge is 0.227 e. The molecule has 0 aromatic heterocycles. The molecule has 0 heterocycles. The van der Waals surface area contributed by atoms with E-state index in [1.54, 1.807) is 24.3 Å². The molecule has 1 aliphatic carbocycles. The SMILES string of the molecule is CCc1cccc(C)c1NC(=O)C1CCC(C(=O)Nc2ccccc2C#N)CC1. The van der Waals surface area contributed by atoms with Gasteiger partial charge in [-0.25, -0.2) is 0 Å². The third-order valence-electron chi connectivity index (χ3n) is 5.76. The molecule has 0 aliphatic heterocycles. The van der Waals surface area contributed by atoms with Crippen molar-refractivity contribution in [3.63, 3.8) is 0 Å². The highest BCUT2D eigenvalue weighted by Crippen LogP contribution is 2.32. The molecule has 5 heteroatoms. The van der Waals surface area contributed by atoms with Crippen molar-refractivity contribution in [3.8, 4) is 6.07 Å². The third-order valence-corrected chi connectivity index (χ3v) is 5.76. The first-order chi connectivity index (χ1) is 14.0. The van der Waals surface area contributed by atoms with Crippen molar-refractivity contribution in [1.29, 1.82) is 5.26 Å². The maximum absolute atomic E-state index is 12.8. The second-order valence-electron chi connectivity index (χ2n) is 7.65. The highest BCUT2D eigenvalue weighted by Gasteiger charge is 2.30. The van der Waals surface area contributed by atoms with Crippen LogP contribution in [0.2, 0.25) is 0 Å². The Kier molecular flexibility index (Phi) is 6.66. The van der Waals surface area contributed by atoms with Crippen LogP contribution in [0.5, 0.6) is 0 Å². The van der Waals surface area contributed by atoms with Crippen LogP contribution in [0.1, 0.15) is 49.3 Å². The molecule has 5 nitrogen and oxygen atoms in total. The van der Waals surface area contributed by atoms with Gasteiger partial charge in [0.1, 0.15) is 6.07 Å². The van der Waals surface area contributed by atoms with Gasteiger partial charge in [0.05, 0.1) is 11.3 Å². The summed E-state index contributed by atoms with van der Waals surface area (Å²) in [5.41, 5.74) is 4.14. The lowest BCUT2D eigenvalue weighted by atomic mass is 9.81. The van der Waals surface area contributed by atoms with Crippen LogP contribution in [0.15, 0.2) is 42.5 Å². The Labute approximate surface area is 172 Å². The molecule has 0 radical (unpaired) electrons. The van der Waals surface area contributed by atoms with Crippen molar-refractivity contribution in [2.75, 3.05) is 10.6 Å². The largest absolute Gasteiger partial charge is 0.325 e. The molecule has 0 atom stereocenters. The molecule has 1 saturated carbocycles. The number of carbonyl (C=O) groups excluding carboxylic acids is 2. The van der Waals surface area contributed by atoms with Gasteiger partial charge in [0.2, 0.25) is 11.8 Å². The predicted octanol–water partition coefficient (Wildman–Crippen LogP) is 4.81. The maximum atomic E-state index is 12.8. The summed E-state index contributed by atoms with van der Waals surface area (Å²) in [6.07, 6.45) is 3.60. The lowest BCUT2D eigenvalue weighted by Crippen LogP contribution is -2.32. The maximum Gasteiger partial charge on any atom is 0.227 e. The zero-order valence-electron chi connectivity index (χ0n) is 17.0. The minimum absolute atomic E-state index is 0.0442. The molecule has 2 amide bonds. The van der Waals surface area contributed by atoms with E-state index in [4.69, 9.17) is 5.26 Å². The van der Waals surface area contributed by atoms with Crippen molar-refractivity contribution < 1.29 is 9.59 Å². The fourth-order valence-electron chi connectivity index (χ4n) is 3.97. The first-order valence-corrected chi connectivity index (χ1v) is 10.2. The van der Waals surface area contributed by atoms with Gasteiger partial charge < -0.3 is 10.6 Å². The number of nitriles is 1. The van der Waals surface area contributed by atoms with E-state index in [0.717, 1.165) is 23.2 Å². The topological polar surface area (TPSA) is 82.0 Å². The summed E-state index contributed by atoms with van der Waals surface area (Å²) >= 11 is 0. The standard InChI is InChI=1S/C24H27N3O2/c1-3-17-9-6-7-16(2)22(17)27-24(29)19-13-11-18(12-14-19)23(28)26-21-10-5-4-8-20(21)15-25/h4-10,18-19H,3,11-14H2,1-2H3,(H,26,28)(H,27,29). The van der Waals surface area contributed by atoms with Crippen molar-refractivity contribution in [2.45, 2.75) is 46.0 Å². The van der Waals surface area contributed by atoms with Gasteiger partial charge in [0.15, 0.2) is 0 Å². The Morgan fingerprint density at radius 1 is 0.966 bits per heavy atom. The van der Waals surface area contributed by atoms with E-state index in [-0.39, 0.29) is 23.7 Å². The number of anilines is 2. The van der Waals surface area contributed by atoms with Crippen molar-refractivity contribution in [3.05, 3.63) is 59.2 Å². The minimum atomic E-state index is -0.129. The lowest BCUT2D eigenvalue weighted by molar-refractivity contribution is -0.125. The van der Waals surface area contributed by atoms with Crippen LogP contribution in [0.3, 0.4) is 0 Å². The number of hydrogen-bond acceptors (Lipinski definition) is 3. The second kappa shape index (κ2) is 9.38. The Bertz CT molecular complexity index is 937. The highest BCUT2D eigenvalue weighted by molar-refractivity contribution is 5.95. The number of rotatable bonds is 5. The number of para-hydroxylation sites is 2. The summed E-state index contributed by atoms with van der Waals surface area (Å²) in [6, 6.07) is 15.2. The van der Waals surface area contributed by atoms with Crippen LogP contribution in [-0.4, -0.2) is 11.8 Å². The number of aryl methyl sites for hydroxylation is 2. The number of hydrogen-bond donors (Lipinski definition) is 2. The van der Waals surface area contributed by atoms with E-state index < -0.39 is 0 Å². The first-order valence-electron chi connectivity index (χ1n) is 10.2. The molecule has 1 aliphatic rings. The average molecular weight is 389 g/mol. The summed E-state index contributed by atoms with van der Waals surface area (Å²) in [4.78, 5) is 25.4. The van der Waals surface area contributed by atoms with Crippen LogP contribution < -0.4 is 10.6 Å². The van der Waals surface area contributed by atoms with Crippen LogP contribution in [-0.2, 0) is 16.0 Å². The van der Waals surface area contributed by atoms with Gasteiger partial charge in [0, 0.05) is 17.5 Å². The number of amides is 2. The molecule has 0 spiro atoms. The van der Waals surface area contributed by atoms with Crippen LogP contribution in [0.25, 0.3) is 0 Å². The van der Waals surface area contributed by atoms with Crippen LogP contribution >= 0.6 is 0 Å². The predicted molar refractivity (Wildman–Crippen MR) is 114 cm³/mol. The Morgan fingerprint density at radius 2 is 1.59 bits per heavy atom. The van der Waals surface area contributed by atoms with Gasteiger partial charge in [-0.2, -0.15) is 5.26 Å². The van der Waals surface area contributed by atoms with Gasteiger partial charge in [0.25, 0.3) is 0 Å². The second-order valence-corrected chi connectivity index (χ2v) is 7.65. The van der Waals surface area contributed by atoms with Crippen molar-refractivity contribution >= 4 is 23.2 Å². The molecule has 0 bridgehead atoms. The Hall–Kier alpha value is -3.13. The van der Waals surface area contributed by atoms with Crippen molar-refractivity contribution in [1.82, 2.24) is 0 Å². The van der Waals surface area contributed by atoms with Gasteiger partial charge >= 0.3 is 0 Å². The minimum Gasteiger partial charge on any atom is -0.325 e.